The third-order valence-corrected chi connectivity index (χ3v) is 17.6. The first-order chi connectivity index (χ1) is 52.4. The minimum Gasteiger partial charge on any atom is -0.494 e. The Hall–Kier alpha value is -12.1. The van der Waals surface area contributed by atoms with Gasteiger partial charge in [-0.15, -0.1) is 0 Å². The summed E-state index contributed by atoms with van der Waals surface area (Å²) in [4.78, 5) is 59.2. The summed E-state index contributed by atoms with van der Waals surface area (Å²) in [6, 6.07) is 38.9. The maximum absolute atomic E-state index is 13.9. The highest BCUT2D eigenvalue weighted by Crippen LogP contribution is 2.41. The highest BCUT2D eigenvalue weighted by atomic mass is 19.1. The molecule has 0 atom stereocenters. The summed E-state index contributed by atoms with van der Waals surface area (Å²) in [5, 5.41) is 45.7. The predicted molar refractivity (Wildman–Crippen MR) is 436 cm³/mol. The highest BCUT2D eigenvalue weighted by Gasteiger charge is 2.25. The van der Waals surface area contributed by atoms with E-state index in [2.05, 4.69) is 129 Å². The second-order valence-corrected chi connectivity index (χ2v) is 26.3. The van der Waals surface area contributed by atoms with E-state index in [-0.39, 0.29) is 28.0 Å². The van der Waals surface area contributed by atoms with E-state index in [1.165, 1.54) is 33.3 Å². The average molecular weight is 1490 g/mol. The van der Waals surface area contributed by atoms with Gasteiger partial charge < -0.3 is 84.5 Å². The molecule has 0 aliphatic rings. The van der Waals surface area contributed by atoms with Crippen molar-refractivity contribution in [2.45, 2.75) is 19.3 Å². The van der Waals surface area contributed by atoms with Crippen molar-refractivity contribution in [3.63, 3.8) is 0 Å². The van der Waals surface area contributed by atoms with Crippen LogP contribution in [0.15, 0.2) is 165 Å². The number of aliphatic hydroxyl groups excluding tert-OH is 1. The molecule has 0 unspecified atom stereocenters. The molecule has 7 N–H and O–H groups in total. The summed E-state index contributed by atoms with van der Waals surface area (Å²) in [6.07, 6.45) is 14.3. The molecule has 0 radical (unpaired) electrons. The van der Waals surface area contributed by atoms with Gasteiger partial charge >= 0.3 is 5.69 Å². The topological polar surface area (TPSA) is 317 Å². The van der Waals surface area contributed by atoms with E-state index in [0.29, 0.717) is 52.7 Å². The lowest BCUT2D eigenvalue weighted by Crippen LogP contribution is -2.24. The van der Waals surface area contributed by atoms with E-state index in [0.717, 1.165) is 130 Å². The van der Waals surface area contributed by atoms with Crippen LogP contribution in [0.4, 0.5) is 67.7 Å². The Morgan fingerprint density at radius 1 is 0.477 bits per heavy atom. The largest absolute Gasteiger partial charge is 0.494 e. The average Bonchev–Trinajstić information content (AvgIpc) is 1.64. The molecular formula is C79H100FN21O8. The zero-order chi connectivity index (χ0) is 79.0. The van der Waals surface area contributed by atoms with Crippen molar-refractivity contribution in [3.05, 3.63) is 191 Å². The van der Waals surface area contributed by atoms with Gasteiger partial charge in [0.05, 0.1) is 76.7 Å². The fraction of sp³-hybridized carbons (Fsp3) is 0.316. The fourth-order valence-corrected chi connectivity index (χ4v) is 12.2. The molecule has 0 aliphatic heterocycles. The number of nitrogens with zero attached hydrogens (tertiary/aromatic N) is 16. The van der Waals surface area contributed by atoms with E-state index in [1.807, 2.05) is 151 Å². The molecule has 12 aromatic rings. The summed E-state index contributed by atoms with van der Waals surface area (Å²) in [6.45, 7) is 5.78. The summed E-state index contributed by atoms with van der Waals surface area (Å²) in [7, 11) is 29.8. The SMILES string of the molecule is CNCCCN(C)C.CO.COc1cc(F)c([N+](=O)[O-])cc1Nc1nccc(-c2cn(C)c3ccccc23)n1.COc1cc(N(C)CCCN(C)C)c(N)cc1Nc1nccc(-c2cn(C)c3ccccc23)n1.COc1cc(N(C)CCCN(C)C)c([N+](=O)[O-])cc1Nc1nccc(-c2cn(C)c3ccccc23)n1. The van der Waals surface area contributed by atoms with Gasteiger partial charge in [0.25, 0.3) is 5.69 Å². The van der Waals surface area contributed by atoms with E-state index >= 15 is 0 Å². The minimum absolute atomic E-state index is 0.0177. The number of aliphatic hydroxyl groups is 1. The van der Waals surface area contributed by atoms with Gasteiger partial charge in [-0.05, 0) is 137 Å². The number of rotatable bonds is 28. The molecule has 6 aromatic carbocycles. The number of hydrogen-bond acceptors (Lipinski definition) is 24. The first-order valence-electron chi connectivity index (χ1n) is 35.2. The van der Waals surface area contributed by atoms with Crippen LogP contribution in [0.5, 0.6) is 17.2 Å². The number of nitrogen functional groups attached to an aromatic ring is 1. The minimum atomic E-state index is -0.983. The third-order valence-electron chi connectivity index (χ3n) is 17.6. The molecule has 0 spiro atoms. The molecule has 0 aliphatic carbocycles. The Bertz CT molecular complexity index is 5010. The molecule has 0 saturated carbocycles. The first kappa shape index (κ1) is 82.6. The van der Waals surface area contributed by atoms with Crippen molar-refractivity contribution in [3.8, 4) is 51.0 Å². The van der Waals surface area contributed by atoms with Crippen LogP contribution < -0.4 is 51.0 Å². The number of anilines is 9. The Labute approximate surface area is 635 Å². The number of methoxy groups -OCH3 is 3. The van der Waals surface area contributed by atoms with Crippen LogP contribution in [0, 0.1) is 26.0 Å². The van der Waals surface area contributed by atoms with Gasteiger partial charge in [0.1, 0.15) is 22.9 Å². The summed E-state index contributed by atoms with van der Waals surface area (Å²) >= 11 is 0. The van der Waals surface area contributed by atoms with E-state index < -0.39 is 16.4 Å². The van der Waals surface area contributed by atoms with E-state index in [4.69, 9.17) is 35.0 Å². The standard InChI is InChI=1S/C26H31N7O3.C26H33N7O.C20H16FN5O3.C6H16N2.CH4O/c1-30(2)13-8-14-31(3)23-16-25(36-5)21(15-24(23)33(34)35)29-26-27-12-11-20(28-26)19-17-32(4)22-10-7-6-9-18(19)22;1-31(2)13-8-14-32(3)24-16-25(34-5)22(15-20(24)27)30-26-28-12-11-21(29-26)19-17-33(4)23-10-7-6-9-18(19)23;1-25-11-13(12-5-3-4-6-17(12)25)15-7-8-22-20(23-15)24-16-10-18(26(27)28)14(21)9-19(16)29-2;1-7-5-4-6-8(2)3;1-2/h6-7,9-12,15-17H,8,13-14H2,1-5H3,(H,27,28,29);6-7,9-12,15-17H,8,13-14,27H2,1-5H3,(H,28,29,30);3-11H,1-2H3,(H,22,23,24);7H,4-6H2,1-3H3;2H,1H3. The smallest absolute Gasteiger partial charge is 0.307 e. The van der Waals surface area contributed by atoms with Crippen LogP contribution >= 0.6 is 0 Å². The number of para-hydroxylation sites is 3. The van der Waals surface area contributed by atoms with Crippen LogP contribution in [0.25, 0.3) is 66.5 Å². The van der Waals surface area contributed by atoms with Crippen molar-refractivity contribution in [2.24, 2.45) is 21.1 Å². The molecule has 0 saturated heterocycles. The van der Waals surface area contributed by atoms with Gasteiger partial charge in [-0.1, -0.05) is 54.6 Å². The molecule has 576 valence electrons. The second-order valence-electron chi connectivity index (χ2n) is 26.3. The van der Waals surface area contributed by atoms with E-state index in [9.17, 15) is 24.6 Å². The van der Waals surface area contributed by atoms with Gasteiger partial charge in [0, 0.05) is 172 Å². The monoisotopic (exact) mass is 1490 g/mol. The van der Waals surface area contributed by atoms with Crippen molar-refractivity contribution >= 4 is 96.1 Å². The molecular weight excluding hydrogens is 1390 g/mol. The summed E-state index contributed by atoms with van der Waals surface area (Å²) in [5.74, 6) is 1.28. The molecule has 0 bridgehead atoms. The lowest BCUT2D eigenvalue weighted by Gasteiger charge is -2.24. The zero-order valence-corrected chi connectivity index (χ0v) is 64.9. The fourth-order valence-electron chi connectivity index (χ4n) is 12.2. The number of nitrogens with two attached hydrogens (primary N) is 1. The van der Waals surface area contributed by atoms with E-state index in [1.54, 1.807) is 37.8 Å². The van der Waals surface area contributed by atoms with Crippen molar-refractivity contribution < 1.29 is 33.6 Å². The van der Waals surface area contributed by atoms with Gasteiger partial charge in [-0.25, -0.2) is 29.9 Å². The zero-order valence-electron chi connectivity index (χ0n) is 64.9. The van der Waals surface area contributed by atoms with Crippen molar-refractivity contribution in [2.75, 3.05) is 163 Å². The number of benzene rings is 6. The van der Waals surface area contributed by atoms with Gasteiger partial charge in [-0.3, -0.25) is 20.2 Å². The molecule has 29 nitrogen and oxygen atoms in total. The molecule has 30 heteroatoms. The number of nitro groups is 2. The number of ether oxygens (including phenoxy) is 3. The van der Waals surface area contributed by atoms with Crippen molar-refractivity contribution in [1.29, 1.82) is 0 Å². The number of nitro benzene ring substituents is 2. The van der Waals surface area contributed by atoms with Crippen LogP contribution in [0.2, 0.25) is 0 Å². The number of nitrogens with one attached hydrogen (secondary N) is 4. The molecule has 12 rings (SSSR count). The van der Waals surface area contributed by atoms with Crippen LogP contribution in [-0.4, -0.2) is 204 Å². The molecule has 6 heterocycles. The number of aryl methyl sites for hydroxylation is 3. The molecule has 6 aromatic heterocycles. The first-order valence-corrected chi connectivity index (χ1v) is 35.2. The number of fused-ring (bicyclic) bond motifs is 3. The number of halogens is 1. The van der Waals surface area contributed by atoms with Crippen LogP contribution in [-0.2, 0) is 21.1 Å². The Balaban J connectivity index is 0.000000194. The second kappa shape index (κ2) is 39.5. The lowest BCUT2D eigenvalue weighted by molar-refractivity contribution is -0.387. The third kappa shape index (κ3) is 21.6. The van der Waals surface area contributed by atoms with Crippen LogP contribution in [0.3, 0.4) is 0 Å². The van der Waals surface area contributed by atoms with Gasteiger partial charge in [0.15, 0.2) is 0 Å². The molecule has 109 heavy (non-hydrogen) atoms. The number of aromatic nitrogens is 9. The maximum Gasteiger partial charge on any atom is 0.307 e. The van der Waals surface area contributed by atoms with Crippen LogP contribution in [0.1, 0.15) is 19.3 Å². The molecule has 0 amide bonds. The normalized spacial score (nSPS) is 10.9. The van der Waals surface area contributed by atoms with Gasteiger partial charge in [-0.2, -0.15) is 4.39 Å². The van der Waals surface area contributed by atoms with Crippen molar-refractivity contribution in [1.82, 2.24) is 63.6 Å². The Morgan fingerprint density at radius 2 is 0.817 bits per heavy atom. The van der Waals surface area contributed by atoms with Gasteiger partial charge in [0.2, 0.25) is 23.7 Å². The highest BCUT2D eigenvalue weighted by molar-refractivity contribution is 5.97. The summed E-state index contributed by atoms with van der Waals surface area (Å²) < 4.78 is 36.4. The predicted octanol–water partition coefficient (Wildman–Crippen LogP) is 13.2. The lowest BCUT2D eigenvalue weighted by atomic mass is 10.1. The quantitative estimate of drug-likeness (QED) is 0.0115. The maximum atomic E-state index is 13.9. The Morgan fingerprint density at radius 3 is 1.18 bits per heavy atom. The number of hydrogen-bond donors (Lipinski definition) is 6. The summed E-state index contributed by atoms with van der Waals surface area (Å²) in [5.41, 5.74) is 17.7. The molecule has 0 fully saturated rings. The Kier molecular flexibility index (Phi) is 29.9.